The molecule has 5 aromatic rings. The summed E-state index contributed by atoms with van der Waals surface area (Å²) in [4.78, 5) is 25.1. The number of hydrogen-bond acceptors (Lipinski definition) is 6. The van der Waals surface area contributed by atoms with Gasteiger partial charge in [0, 0.05) is 22.7 Å². The molecule has 6 heteroatoms. The van der Waals surface area contributed by atoms with Crippen LogP contribution >= 0.6 is 0 Å². The fourth-order valence-electron chi connectivity index (χ4n) is 3.66. The van der Waals surface area contributed by atoms with E-state index in [1.165, 1.54) is 24.3 Å². The molecule has 38 heavy (non-hydrogen) atoms. The summed E-state index contributed by atoms with van der Waals surface area (Å²) < 4.78 is 10.9. The standard InChI is InChI=1S/C32H24N2O4/c35-31(37-29-19-15-27(16-20-29)33-25-7-3-1-4-8-25)23-11-13-24(14-12-23)32(36)38-30-21-17-28(18-22-30)34-26-9-5-2-6-10-26/h1-22,33-34H. The summed E-state index contributed by atoms with van der Waals surface area (Å²) >= 11 is 0. The molecule has 0 atom stereocenters. The Balaban J connectivity index is 1.14. The zero-order valence-electron chi connectivity index (χ0n) is 20.3. The zero-order valence-corrected chi connectivity index (χ0v) is 20.3. The van der Waals surface area contributed by atoms with Gasteiger partial charge in [0.1, 0.15) is 11.5 Å². The van der Waals surface area contributed by atoms with Crippen molar-refractivity contribution in [2.45, 2.75) is 0 Å². The van der Waals surface area contributed by atoms with Crippen LogP contribution in [0.1, 0.15) is 20.7 Å². The Morgan fingerprint density at radius 2 is 0.711 bits per heavy atom. The summed E-state index contributed by atoms with van der Waals surface area (Å²) in [6.07, 6.45) is 0. The average Bonchev–Trinajstić information content (AvgIpc) is 2.96. The van der Waals surface area contributed by atoms with E-state index in [2.05, 4.69) is 10.6 Å². The maximum absolute atomic E-state index is 12.6. The van der Waals surface area contributed by atoms with Crippen molar-refractivity contribution in [2.75, 3.05) is 10.6 Å². The van der Waals surface area contributed by atoms with Crippen molar-refractivity contribution in [1.82, 2.24) is 0 Å². The van der Waals surface area contributed by atoms with Gasteiger partial charge in [0.05, 0.1) is 11.1 Å². The molecule has 0 aliphatic heterocycles. The van der Waals surface area contributed by atoms with Crippen LogP contribution in [0, 0.1) is 0 Å². The second-order valence-electron chi connectivity index (χ2n) is 8.39. The molecule has 0 aliphatic rings. The highest BCUT2D eigenvalue weighted by atomic mass is 16.5. The molecule has 0 fully saturated rings. The minimum atomic E-state index is -0.518. The van der Waals surface area contributed by atoms with Crippen LogP contribution < -0.4 is 20.1 Å². The van der Waals surface area contributed by atoms with Gasteiger partial charge in [0.2, 0.25) is 0 Å². The van der Waals surface area contributed by atoms with Crippen LogP contribution in [-0.2, 0) is 0 Å². The number of hydrogen-bond donors (Lipinski definition) is 2. The smallest absolute Gasteiger partial charge is 0.343 e. The number of ether oxygens (including phenoxy) is 2. The van der Waals surface area contributed by atoms with Gasteiger partial charge in [-0.2, -0.15) is 0 Å². The first kappa shape index (κ1) is 24.3. The van der Waals surface area contributed by atoms with E-state index in [0.717, 1.165) is 22.7 Å². The van der Waals surface area contributed by atoms with Crippen molar-refractivity contribution in [1.29, 1.82) is 0 Å². The van der Waals surface area contributed by atoms with E-state index in [9.17, 15) is 9.59 Å². The second kappa shape index (κ2) is 11.6. The Morgan fingerprint density at radius 3 is 1.05 bits per heavy atom. The molecule has 5 rings (SSSR count). The monoisotopic (exact) mass is 500 g/mol. The average molecular weight is 501 g/mol. The minimum Gasteiger partial charge on any atom is -0.423 e. The van der Waals surface area contributed by atoms with Gasteiger partial charge in [-0.3, -0.25) is 0 Å². The summed E-state index contributed by atoms with van der Waals surface area (Å²) in [5.41, 5.74) is 4.33. The van der Waals surface area contributed by atoms with E-state index in [0.29, 0.717) is 22.6 Å². The zero-order chi connectivity index (χ0) is 26.2. The molecule has 0 amide bonds. The van der Waals surface area contributed by atoms with Crippen LogP contribution in [0.5, 0.6) is 11.5 Å². The van der Waals surface area contributed by atoms with E-state index in [1.807, 2.05) is 84.9 Å². The van der Waals surface area contributed by atoms with E-state index in [-0.39, 0.29) is 0 Å². The highest BCUT2D eigenvalue weighted by Gasteiger charge is 2.13. The summed E-state index contributed by atoms with van der Waals surface area (Å²) in [6, 6.07) is 39.9. The fourth-order valence-corrected chi connectivity index (χ4v) is 3.66. The topological polar surface area (TPSA) is 76.7 Å². The number of rotatable bonds is 8. The number of carbonyl (C=O) groups excluding carboxylic acids is 2. The van der Waals surface area contributed by atoms with E-state index in [4.69, 9.17) is 9.47 Å². The summed E-state index contributed by atoms with van der Waals surface area (Å²) in [7, 11) is 0. The highest BCUT2D eigenvalue weighted by molar-refractivity contribution is 5.95. The van der Waals surface area contributed by atoms with Gasteiger partial charge in [-0.25, -0.2) is 9.59 Å². The lowest BCUT2D eigenvalue weighted by Gasteiger charge is -2.09. The lowest BCUT2D eigenvalue weighted by molar-refractivity contribution is 0.0720. The predicted molar refractivity (Wildman–Crippen MR) is 149 cm³/mol. The molecule has 0 aromatic heterocycles. The molecular formula is C32H24N2O4. The van der Waals surface area contributed by atoms with Gasteiger partial charge in [0.15, 0.2) is 0 Å². The van der Waals surface area contributed by atoms with Crippen LogP contribution in [0.3, 0.4) is 0 Å². The Bertz CT molecular complexity index is 1380. The maximum Gasteiger partial charge on any atom is 0.343 e. The van der Waals surface area contributed by atoms with Gasteiger partial charge < -0.3 is 20.1 Å². The Kier molecular flexibility index (Phi) is 7.42. The number of carbonyl (C=O) groups is 2. The van der Waals surface area contributed by atoms with E-state index in [1.54, 1.807) is 24.3 Å². The molecule has 0 saturated carbocycles. The summed E-state index contributed by atoms with van der Waals surface area (Å²) in [5.74, 6) is -0.199. The normalized spacial score (nSPS) is 10.3. The lowest BCUT2D eigenvalue weighted by atomic mass is 10.1. The third-order valence-electron chi connectivity index (χ3n) is 5.61. The Hall–Kier alpha value is -5.36. The molecule has 5 aromatic carbocycles. The van der Waals surface area contributed by atoms with Crippen molar-refractivity contribution < 1.29 is 19.1 Å². The van der Waals surface area contributed by atoms with Crippen molar-refractivity contribution in [3.63, 3.8) is 0 Å². The Labute approximate surface area is 220 Å². The molecule has 0 bridgehead atoms. The lowest BCUT2D eigenvalue weighted by Crippen LogP contribution is -2.11. The maximum atomic E-state index is 12.6. The third kappa shape index (κ3) is 6.44. The molecule has 0 radical (unpaired) electrons. The second-order valence-corrected chi connectivity index (χ2v) is 8.39. The van der Waals surface area contributed by atoms with Crippen LogP contribution in [-0.4, -0.2) is 11.9 Å². The first-order chi connectivity index (χ1) is 18.6. The van der Waals surface area contributed by atoms with Crippen molar-refractivity contribution in [3.8, 4) is 11.5 Å². The first-order valence-electron chi connectivity index (χ1n) is 12.0. The van der Waals surface area contributed by atoms with Gasteiger partial charge >= 0.3 is 11.9 Å². The number of nitrogens with one attached hydrogen (secondary N) is 2. The van der Waals surface area contributed by atoms with Crippen molar-refractivity contribution >= 4 is 34.7 Å². The van der Waals surface area contributed by atoms with E-state index >= 15 is 0 Å². The van der Waals surface area contributed by atoms with Gasteiger partial charge in [-0.15, -0.1) is 0 Å². The van der Waals surface area contributed by atoms with Crippen LogP contribution in [0.4, 0.5) is 22.7 Å². The number of esters is 2. The summed E-state index contributed by atoms with van der Waals surface area (Å²) in [5, 5.41) is 6.55. The molecule has 0 heterocycles. The molecule has 0 spiro atoms. The van der Waals surface area contributed by atoms with Gasteiger partial charge in [-0.05, 0) is 97.1 Å². The van der Waals surface area contributed by atoms with Crippen LogP contribution in [0.2, 0.25) is 0 Å². The minimum absolute atomic E-state index is 0.323. The third-order valence-corrected chi connectivity index (χ3v) is 5.61. The Morgan fingerprint density at radius 1 is 0.395 bits per heavy atom. The van der Waals surface area contributed by atoms with Crippen LogP contribution in [0.15, 0.2) is 133 Å². The number of anilines is 4. The first-order valence-corrected chi connectivity index (χ1v) is 12.0. The highest BCUT2D eigenvalue weighted by Crippen LogP contribution is 2.22. The quantitative estimate of drug-likeness (QED) is 0.169. The van der Waals surface area contributed by atoms with Crippen LogP contribution in [0.25, 0.3) is 0 Å². The van der Waals surface area contributed by atoms with Crippen molar-refractivity contribution in [2.24, 2.45) is 0 Å². The molecule has 0 saturated heterocycles. The number of para-hydroxylation sites is 2. The predicted octanol–water partition coefficient (Wildman–Crippen LogP) is 7.61. The fraction of sp³-hybridized carbons (Fsp3) is 0. The molecule has 0 unspecified atom stereocenters. The summed E-state index contributed by atoms with van der Waals surface area (Å²) in [6.45, 7) is 0. The molecule has 6 nitrogen and oxygen atoms in total. The molecule has 186 valence electrons. The number of benzene rings is 5. The molecule has 2 N–H and O–H groups in total. The van der Waals surface area contributed by atoms with E-state index < -0.39 is 11.9 Å². The SMILES string of the molecule is O=C(Oc1ccc(Nc2ccccc2)cc1)c1ccc(C(=O)Oc2ccc(Nc3ccccc3)cc2)cc1. The van der Waals surface area contributed by atoms with Gasteiger partial charge in [-0.1, -0.05) is 36.4 Å². The largest absolute Gasteiger partial charge is 0.423 e. The van der Waals surface area contributed by atoms with Crippen molar-refractivity contribution in [3.05, 3.63) is 145 Å². The molecular weight excluding hydrogens is 476 g/mol. The van der Waals surface area contributed by atoms with Gasteiger partial charge in [0.25, 0.3) is 0 Å². The molecule has 0 aliphatic carbocycles.